The van der Waals surface area contributed by atoms with Crippen molar-refractivity contribution in [2.45, 2.75) is 22.5 Å². The molecule has 0 fully saturated rings. The van der Waals surface area contributed by atoms with E-state index in [4.69, 9.17) is 0 Å². The maximum absolute atomic E-state index is 13.1. The molecule has 1 rings (SSSR count). The Morgan fingerprint density at radius 2 is 1.39 bits per heavy atom. The van der Waals surface area contributed by atoms with E-state index in [1.54, 1.807) is 0 Å². The summed E-state index contributed by atoms with van der Waals surface area (Å²) in [6.45, 7) is 0. The van der Waals surface area contributed by atoms with E-state index in [2.05, 4.69) is 0 Å². The highest BCUT2D eigenvalue weighted by molar-refractivity contribution is 7.92. The van der Waals surface area contributed by atoms with E-state index in [9.17, 15) is 34.8 Å². The highest BCUT2D eigenvalue weighted by atomic mass is 32.2. The predicted octanol–water partition coefficient (Wildman–Crippen LogP) is 2.95. The fourth-order valence-corrected chi connectivity index (χ4v) is 2.35. The zero-order valence-electron chi connectivity index (χ0n) is 8.46. The second-order valence-corrected chi connectivity index (χ2v) is 5.27. The van der Waals surface area contributed by atoms with Crippen LogP contribution in [-0.2, 0) is 9.84 Å². The summed E-state index contributed by atoms with van der Waals surface area (Å²) in [4.78, 5) is -0.943. The van der Waals surface area contributed by atoms with Gasteiger partial charge in [0.05, 0.1) is 4.90 Å². The van der Waals surface area contributed by atoms with Gasteiger partial charge >= 0.3 is 12.1 Å². The van der Waals surface area contributed by atoms with Crippen LogP contribution >= 0.6 is 0 Å². The van der Waals surface area contributed by atoms with Gasteiger partial charge in [0.15, 0.2) is 0 Å². The summed E-state index contributed by atoms with van der Waals surface area (Å²) in [6.07, 6.45) is -6.28. The molecule has 0 bridgehead atoms. The fourth-order valence-electron chi connectivity index (χ4n) is 1.05. The molecule has 1 aromatic carbocycles. The number of hydrogen-bond acceptors (Lipinski definition) is 2. The van der Waals surface area contributed by atoms with E-state index in [0.717, 1.165) is 24.3 Å². The summed E-state index contributed by atoms with van der Waals surface area (Å²) in [5.74, 6) is -5.97. The molecule has 1 atom stereocenters. The third-order valence-electron chi connectivity index (χ3n) is 2.01. The van der Waals surface area contributed by atoms with Crippen LogP contribution in [0.2, 0.25) is 0 Å². The molecule has 0 aromatic heterocycles. The lowest BCUT2D eigenvalue weighted by Crippen LogP contribution is -2.48. The van der Waals surface area contributed by atoms with E-state index in [1.165, 1.54) is 6.07 Å². The lowest BCUT2D eigenvalue weighted by molar-refractivity contribution is -0.292. The van der Waals surface area contributed by atoms with Gasteiger partial charge in [0, 0.05) is 0 Å². The molecule has 0 heterocycles. The largest absolute Gasteiger partial charge is 0.457 e. The maximum Gasteiger partial charge on any atom is 0.457 e. The zero-order valence-corrected chi connectivity index (χ0v) is 9.27. The fraction of sp³-hybridized carbons (Fsp3) is 0.333. The van der Waals surface area contributed by atoms with Crippen LogP contribution < -0.4 is 0 Å². The Hall–Kier alpha value is -1.25. The Labute approximate surface area is 98.1 Å². The summed E-state index contributed by atoms with van der Waals surface area (Å²) in [7, 11) is -5.42. The molecule has 0 N–H and O–H groups in total. The number of hydrogen-bond donors (Lipinski definition) is 0. The topological polar surface area (TPSA) is 34.1 Å². The van der Waals surface area contributed by atoms with Gasteiger partial charge in [-0.1, -0.05) is 18.2 Å². The minimum Gasteiger partial charge on any atom is -0.222 e. The van der Waals surface area contributed by atoms with Crippen LogP contribution in [0.1, 0.15) is 0 Å². The first-order valence-corrected chi connectivity index (χ1v) is 5.93. The van der Waals surface area contributed by atoms with Gasteiger partial charge in [-0.3, -0.25) is 0 Å². The van der Waals surface area contributed by atoms with E-state index in [0.29, 0.717) is 0 Å². The van der Waals surface area contributed by atoms with Gasteiger partial charge in [-0.25, -0.2) is 12.8 Å². The van der Waals surface area contributed by atoms with E-state index in [-0.39, 0.29) is 0 Å². The van der Waals surface area contributed by atoms with Gasteiger partial charge in [0.2, 0.25) is 9.84 Å². The number of sulfone groups is 1. The van der Waals surface area contributed by atoms with Crippen molar-refractivity contribution in [2.24, 2.45) is 0 Å². The molecular formula is C9H6F6O2S. The van der Waals surface area contributed by atoms with Crippen LogP contribution in [0.5, 0.6) is 0 Å². The molecule has 0 aliphatic carbocycles. The standard InChI is InChI=1S/C9H6F6O2S/c10-7(8(11,12)9(13,14)15)18(16,17)6-4-2-1-3-5-6/h1-5,7H. The van der Waals surface area contributed by atoms with Crippen LogP contribution in [0, 0.1) is 0 Å². The molecule has 2 nitrogen and oxygen atoms in total. The third kappa shape index (κ3) is 2.45. The molecule has 102 valence electrons. The number of halogens is 6. The molecule has 0 aliphatic rings. The third-order valence-corrected chi connectivity index (χ3v) is 3.78. The Morgan fingerprint density at radius 1 is 0.944 bits per heavy atom. The van der Waals surface area contributed by atoms with Crippen LogP contribution in [0.3, 0.4) is 0 Å². The lowest BCUT2D eigenvalue weighted by atomic mass is 10.3. The minimum absolute atomic E-state index is 0.731. The molecule has 1 unspecified atom stereocenters. The second-order valence-electron chi connectivity index (χ2n) is 3.29. The zero-order chi connectivity index (χ0) is 14.2. The van der Waals surface area contributed by atoms with Crippen molar-refractivity contribution < 1.29 is 34.8 Å². The SMILES string of the molecule is O=S(=O)(c1ccccc1)C(F)C(F)(F)C(F)(F)F. The van der Waals surface area contributed by atoms with Crippen molar-refractivity contribution in [1.29, 1.82) is 0 Å². The highest BCUT2D eigenvalue weighted by Crippen LogP contribution is 2.42. The van der Waals surface area contributed by atoms with Gasteiger partial charge in [-0.2, -0.15) is 22.0 Å². The Kier molecular flexibility index (Phi) is 3.66. The normalized spacial score (nSPS) is 15.4. The summed E-state index contributed by atoms with van der Waals surface area (Å²) in [6, 6.07) is 4.91. The number of alkyl halides is 6. The molecule has 0 aliphatic heterocycles. The average molecular weight is 292 g/mol. The van der Waals surface area contributed by atoms with Crippen molar-refractivity contribution in [3.63, 3.8) is 0 Å². The minimum atomic E-state index is -6.28. The number of benzene rings is 1. The average Bonchev–Trinajstić information content (AvgIpc) is 2.27. The first kappa shape index (κ1) is 14.8. The van der Waals surface area contributed by atoms with Gasteiger partial charge in [-0.05, 0) is 12.1 Å². The van der Waals surface area contributed by atoms with Crippen molar-refractivity contribution in [3.8, 4) is 0 Å². The first-order chi connectivity index (χ1) is 8.01. The molecule has 0 spiro atoms. The highest BCUT2D eigenvalue weighted by Gasteiger charge is 2.67. The van der Waals surface area contributed by atoms with Crippen LogP contribution in [0.4, 0.5) is 26.3 Å². The molecule has 0 radical (unpaired) electrons. The summed E-state index contributed by atoms with van der Waals surface area (Å²) in [5, 5.41) is 0. The molecular weight excluding hydrogens is 286 g/mol. The molecule has 0 saturated heterocycles. The first-order valence-electron chi connectivity index (χ1n) is 4.39. The smallest absolute Gasteiger partial charge is 0.222 e. The lowest BCUT2D eigenvalue weighted by Gasteiger charge is -2.22. The van der Waals surface area contributed by atoms with E-state index < -0.39 is 32.3 Å². The maximum atomic E-state index is 13.1. The van der Waals surface area contributed by atoms with Crippen LogP contribution in [0.25, 0.3) is 0 Å². The van der Waals surface area contributed by atoms with Crippen molar-refractivity contribution in [3.05, 3.63) is 30.3 Å². The Bertz CT molecular complexity index is 508. The van der Waals surface area contributed by atoms with Gasteiger partial charge < -0.3 is 0 Å². The summed E-state index contributed by atoms with van der Waals surface area (Å²) < 4.78 is 96.5. The molecule has 0 saturated carbocycles. The molecule has 18 heavy (non-hydrogen) atoms. The molecule has 9 heteroatoms. The monoisotopic (exact) mass is 292 g/mol. The molecule has 1 aromatic rings. The number of rotatable bonds is 3. The van der Waals surface area contributed by atoms with Crippen LogP contribution in [0.15, 0.2) is 35.2 Å². The van der Waals surface area contributed by atoms with Crippen molar-refractivity contribution >= 4 is 9.84 Å². The van der Waals surface area contributed by atoms with Gasteiger partial charge in [0.25, 0.3) is 5.50 Å². The van der Waals surface area contributed by atoms with Gasteiger partial charge in [0.1, 0.15) is 0 Å². The molecule has 0 amide bonds. The van der Waals surface area contributed by atoms with Crippen molar-refractivity contribution in [1.82, 2.24) is 0 Å². The van der Waals surface area contributed by atoms with Gasteiger partial charge in [-0.15, -0.1) is 0 Å². The predicted molar refractivity (Wildman–Crippen MR) is 49.5 cm³/mol. The Morgan fingerprint density at radius 3 is 1.78 bits per heavy atom. The summed E-state index contributed by atoms with van der Waals surface area (Å²) in [5.41, 5.74) is -4.38. The Balaban J connectivity index is 3.24. The quantitative estimate of drug-likeness (QED) is 0.803. The van der Waals surface area contributed by atoms with E-state index in [1.807, 2.05) is 0 Å². The summed E-state index contributed by atoms with van der Waals surface area (Å²) >= 11 is 0. The van der Waals surface area contributed by atoms with Crippen molar-refractivity contribution in [2.75, 3.05) is 0 Å². The van der Waals surface area contributed by atoms with E-state index >= 15 is 0 Å². The van der Waals surface area contributed by atoms with Crippen LogP contribution in [-0.4, -0.2) is 26.0 Å². The second kappa shape index (κ2) is 4.45.